The first-order chi connectivity index (χ1) is 9.79. The van der Waals surface area contributed by atoms with Gasteiger partial charge in [-0.2, -0.15) is 0 Å². The van der Waals surface area contributed by atoms with E-state index in [-0.39, 0.29) is 6.04 Å². The van der Waals surface area contributed by atoms with Crippen molar-refractivity contribution in [1.82, 2.24) is 20.6 Å². The third kappa shape index (κ3) is 1.77. The average molecular weight is 271 g/mol. The van der Waals surface area contributed by atoms with Crippen LogP contribution in [0.15, 0.2) is 32.4 Å². The Bertz CT molecular complexity index is 805. The lowest BCUT2D eigenvalue weighted by atomic mass is 9.94. The number of hydrogen-bond donors (Lipinski definition) is 1. The minimum atomic E-state index is 0.0699. The number of benzene rings is 1. The molecule has 0 unspecified atom stereocenters. The molecule has 0 fully saturated rings. The van der Waals surface area contributed by atoms with Gasteiger partial charge >= 0.3 is 0 Å². The van der Waals surface area contributed by atoms with Gasteiger partial charge in [0.1, 0.15) is 28.5 Å². The number of hydrogen-bond acceptors (Lipinski definition) is 7. The Hall–Kier alpha value is -2.61. The largest absolute Gasteiger partial charge is 0.350 e. The van der Waals surface area contributed by atoms with Gasteiger partial charge in [-0.25, -0.2) is 9.26 Å². The smallest absolute Gasteiger partial charge is 0.137 e. The van der Waals surface area contributed by atoms with Gasteiger partial charge in [-0.3, -0.25) is 4.99 Å². The Morgan fingerprint density at radius 1 is 1.05 bits per heavy atom. The minimum Gasteiger partial charge on any atom is -0.350 e. The Morgan fingerprint density at radius 2 is 1.85 bits per heavy atom. The van der Waals surface area contributed by atoms with Gasteiger partial charge in [0.2, 0.25) is 0 Å². The van der Waals surface area contributed by atoms with Crippen molar-refractivity contribution in [3.8, 4) is 0 Å². The third-order valence-corrected chi connectivity index (χ3v) is 3.40. The SMILES string of the molecule is [NH3+][C@@H]1Cc2nonc2CC1=Nc1ccc2nonc2c1. The van der Waals surface area contributed by atoms with Crippen molar-refractivity contribution in [3.05, 3.63) is 29.6 Å². The molecule has 0 aliphatic heterocycles. The molecule has 3 aromatic rings. The molecule has 0 spiro atoms. The predicted molar refractivity (Wildman–Crippen MR) is 67.3 cm³/mol. The summed E-state index contributed by atoms with van der Waals surface area (Å²) in [6.45, 7) is 0. The van der Waals surface area contributed by atoms with E-state index in [4.69, 9.17) is 4.63 Å². The summed E-state index contributed by atoms with van der Waals surface area (Å²) in [7, 11) is 0. The van der Waals surface area contributed by atoms with Crippen LogP contribution in [0, 0.1) is 0 Å². The molecular formula is C12H11N6O2+. The number of aliphatic imine (C=N–C) groups is 1. The van der Waals surface area contributed by atoms with Crippen molar-refractivity contribution in [3.63, 3.8) is 0 Å². The van der Waals surface area contributed by atoms with Gasteiger partial charge in [0.05, 0.1) is 17.8 Å². The number of rotatable bonds is 1. The highest BCUT2D eigenvalue weighted by atomic mass is 16.6. The first kappa shape index (κ1) is 11.2. The molecule has 0 saturated heterocycles. The van der Waals surface area contributed by atoms with Crippen LogP contribution >= 0.6 is 0 Å². The zero-order valence-corrected chi connectivity index (χ0v) is 10.5. The lowest BCUT2D eigenvalue weighted by molar-refractivity contribution is -0.395. The zero-order valence-electron chi connectivity index (χ0n) is 10.5. The Balaban J connectivity index is 1.72. The van der Waals surface area contributed by atoms with Gasteiger partial charge in [0.25, 0.3) is 0 Å². The van der Waals surface area contributed by atoms with Crippen LogP contribution in [-0.2, 0) is 12.8 Å². The van der Waals surface area contributed by atoms with Crippen molar-refractivity contribution in [2.45, 2.75) is 18.9 Å². The summed E-state index contributed by atoms with van der Waals surface area (Å²) in [4.78, 5) is 4.64. The standard InChI is InChI=1S/C12H10N6O2/c13-7-4-11-12(18-20-17-11)5-9(7)14-6-1-2-8-10(3-6)16-19-15-8/h1-3,7H,4-5,13H2/p+1/t7-/m1/s1. The van der Waals surface area contributed by atoms with E-state index in [2.05, 4.69) is 36.0 Å². The maximum Gasteiger partial charge on any atom is 0.137 e. The van der Waals surface area contributed by atoms with E-state index >= 15 is 0 Å². The van der Waals surface area contributed by atoms with Crippen LogP contribution in [0.2, 0.25) is 0 Å². The van der Waals surface area contributed by atoms with Crippen LogP contribution in [0.5, 0.6) is 0 Å². The van der Waals surface area contributed by atoms with Crippen molar-refractivity contribution in [2.75, 3.05) is 0 Å². The van der Waals surface area contributed by atoms with E-state index in [0.717, 1.165) is 22.8 Å². The highest BCUT2D eigenvalue weighted by Crippen LogP contribution is 2.21. The molecule has 100 valence electrons. The molecule has 3 N–H and O–H groups in total. The molecule has 2 heterocycles. The highest BCUT2D eigenvalue weighted by Gasteiger charge is 2.28. The molecule has 0 saturated carbocycles. The fourth-order valence-electron chi connectivity index (χ4n) is 2.32. The van der Waals surface area contributed by atoms with Gasteiger partial charge in [-0.1, -0.05) is 10.3 Å². The quantitative estimate of drug-likeness (QED) is 0.670. The maximum atomic E-state index is 4.75. The molecule has 0 bridgehead atoms. The molecule has 4 rings (SSSR count). The number of aromatic nitrogens is 4. The Morgan fingerprint density at radius 3 is 2.80 bits per heavy atom. The normalized spacial score (nSPS) is 20.4. The summed E-state index contributed by atoms with van der Waals surface area (Å²) in [5.74, 6) is 0. The van der Waals surface area contributed by atoms with Crippen LogP contribution in [-0.4, -0.2) is 32.4 Å². The van der Waals surface area contributed by atoms with Gasteiger partial charge in [-0.15, -0.1) is 0 Å². The molecule has 0 amide bonds. The summed E-state index contributed by atoms with van der Waals surface area (Å²) < 4.78 is 9.42. The monoisotopic (exact) mass is 271 g/mol. The van der Waals surface area contributed by atoms with Gasteiger partial charge < -0.3 is 5.73 Å². The van der Waals surface area contributed by atoms with E-state index in [0.29, 0.717) is 23.9 Å². The highest BCUT2D eigenvalue weighted by molar-refractivity contribution is 5.94. The second-order valence-electron chi connectivity index (χ2n) is 4.78. The van der Waals surface area contributed by atoms with Crippen molar-refractivity contribution >= 4 is 22.4 Å². The second-order valence-corrected chi connectivity index (χ2v) is 4.78. The average Bonchev–Trinajstić information content (AvgIpc) is 3.06. The van der Waals surface area contributed by atoms with Crippen LogP contribution in [0.25, 0.3) is 11.0 Å². The fourth-order valence-corrected chi connectivity index (χ4v) is 2.32. The molecule has 1 atom stereocenters. The fraction of sp³-hybridized carbons (Fsp3) is 0.250. The predicted octanol–water partition coefficient (Wildman–Crippen LogP) is 0.0876. The van der Waals surface area contributed by atoms with Crippen molar-refractivity contribution in [2.24, 2.45) is 4.99 Å². The van der Waals surface area contributed by atoms with E-state index in [9.17, 15) is 0 Å². The molecule has 2 aromatic heterocycles. The third-order valence-electron chi connectivity index (χ3n) is 3.40. The van der Waals surface area contributed by atoms with Crippen LogP contribution in [0.1, 0.15) is 11.4 Å². The Labute approximate surface area is 112 Å². The summed E-state index contributed by atoms with van der Waals surface area (Å²) in [5, 5.41) is 15.3. The molecule has 20 heavy (non-hydrogen) atoms. The first-order valence-electron chi connectivity index (χ1n) is 6.23. The number of nitrogens with zero attached hydrogens (tertiary/aromatic N) is 5. The van der Waals surface area contributed by atoms with Crippen LogP contribution < -0.4 is 5.73 Å². The van der Waals surface area contributed by atoms with E-state index in [1.807, 2.05) is 18.2 Å². The lowest BCUT2D eigenvalue weighted by Crippen LogP contribution is -2.67. The van der Waals surface area contributed by atoms with Crippen molar-refractivity contribution < 1.29 is 15.0 Å². The van der Waals surface area contributed by atoms with Crippen molar-refractivity contribution in [1.29, 1.82) is 0 Å². The molecular weight excluding hydrogens is 260 g/mol. The topological polar surface area (TPSA) is 118 Å². The molecule has 1 aromatic carbocycles. The second kappa shape index (κ2) is 4.20. The van der Waals surface area contributed by atoms with Crippen LogP contribution in [0.3, 0.4) is 0 Å². The van der Waals surface area contributed by atoms with Gasteiger partial charge in [0, 0.05) is 6.42 Å². The molecule has 0 radical (unpaired) electrons. The summed E-state index contributed by atoms with van der Waals surface area (Å²) >= 11 is 0. The zero-order chi connectivity index (χ0) is 13.5. The number of fused-ring (bicyclic) bond motifs is 2. The van der Waals surface area contributed by atoms with E-state index < -0.39 is 0 Å². The molecule has 1 aliphatic rings. The minimum absolute atomic E-state index is 0.0699. The lowest BCUT2D eigenvalue weighted by Gasteiger charge is -2.15. The summed E-state index contributed by atoms with van der Waals surface area (Å²) in [6.07, 6.45) is 1.31. The van der Waals surface area contributed by atoms with E-state index in [1.165, 1.54) is 0 Å². The number of quaternary nitrogens is 1. The van der Waals surface area contributed by atoms with E-state index in [1.54, 1.807) is 0 Å². The molecule has 1 aliphatic carbocycles. The maximum absolute atomic E-state index is 4.75. The molecule has 8 heteroatoms. The summed E-state index contributed by atoms with van der Waals surface area (Å²) in [5.41, 5.74) is 9.00. The van der Waals surface area contributed by atoms with Gasteiger partial charge in [-0.05, 0) is 28.5 Å². The molecule has 8 nitrogen and oxygen atoms in total. The van der Waals surface area contributed by atoms with Crippen LogP contribution in [0.4, 0.5) is 5.69 Å². The first-order valence-corrected chi connectivity index (χ1v) is 6.23. The summed E-state index contributed by atoms with van der Waals surface area (Å²) in [6, 6.07) is 5.61. The van der Waals surface area contributed by atoms with Gasteiger partial charge in [0.15, 0.2) is 0 Å². The Kier molecular flexibility index (Phi) is 2.36.